The summed E-state index contributed by atoms with van der Waals surface area (Å²) in [7, 11) is -3.58. The minimum Gasteiger partial charge on any atom is -0.375 e. The maximum Gasteiger partial charge on any atom is 0.260 e. The third-order valence-corrected chi connectivity index (χ3v) is 5.33. The van der Waals surface area contributed by atoms with Crippen LogP contribution in [0.3, 0.4) is 0 Å². The maximum atomic E-state index is 12.7. The monoisotopic (exact) mass is 299 g/mol. The molecule has 0 spiro atoms. The van der Waals surface area contributed by atoms with Gasteiger partial charge in [-0.25, -0.2) is 13.4 Å². The molecule has 0 amide bonds. The fraction of sp³-hybridized carbons (Fsp3) is 0.615. The van der Waals surface area contributed by atoms with E-state index in [1.807, 2.05) is 13.8 Å². The molecule has 1 aliphatic heterocycles. The molecule has 0 radical (unpaired) electrons. The van der Waals surface area contributed by atoms with Crippen molar-refractivity contribution in [3.05, 3.63) is 23.9 Å². The van der Waals surface area contributed by atoms with Crippen molar-refractivity contribution in [2.24, 2.45) is 5.73 Å². The van der Waals surface area contributed by atoms with Crippen LogP contribution in [0.15, 0.2) is 23.4 Å². The van der Waals surface area contributed by atoms with Gasteiger partial charge >= 0.3 is 0 Å². The number of hydrogen-bond acceptors (Lipinski definition) is 5. The van der Waals surface area contributed by atoms with Crippen molar-refractivity contribution < 1.29 is 13.2 Å². The average Bonchev–Trinajstić information content (AvgIpc) is 2.47. The predicted octanol–water partition coefficient (Wildman–Crippen LogP) is 0.728. The van der Waals surface area contributed by atoms with Gasteiger partial charge < -0.3 is 10.5 Å². The highest BCUT2D eigenvalue weighted by atomic mass is 32.2. The molecule has 2 heterocycles. The van der Waals surface area contributed by atoms with E-state index in [9.17, 15) is 8.42 Å². The first-order valence-corrected chi connectivity index (χ1v) is 8.21. The Morgan fingerprint density at radius 2 is 2.25 bits per heavy atom. The summed E-state index contributed by atoms with van der Waals surface area (Å²) >= 11 is 0. The molecule has 20 heavy (non-hydrogen) atoms. The van der Waals surface area contributed by atoms with Gasteiger partial charge in [0.2, 0.25) is 0 Å². The number of morpholine rings is 1. The van der Waals surface area contributed by atoms with E-state index in [4.69, 9.17) is 10.5 Å². The lowest BCUT2D eigenvalue weighted by Crippen LogP contribution is -2.51. The van der Waals surface area contributed by atoms with Gasteiger partial charge in [-0.1, -0.05) is 13.0 Å². The Hall–Kier alpha value is -1.02. The van der Waals surface area contributed by atoms with E-state index in [0.29, 0.717) is 26.1 Å². The van der Waals surface area contributed by atoms with Gasteiger partial charge in [-0.3, -0.25) is 0 Å². The highest BCUT2D eigenvalue weighted by Gasteiger charge is 2.36. The van der Waals surface area contributed by atoms with Gasteiger partial charge in [-0.05, 0) is 25.0 Å². The fourth-order valence-electron chi connectivity index (χ4n) is 2.23. The first-order valence-electron chi connectivity index (χ1n) is 6.77. The van der Waals surface area contributed by atoms with Crippen LogP contribution in [-0.2, 0) is 21.3 Å². The van der Waals surface area contributed by atoms with E-state index < -0.39 is 10.0 Å². The molecule has 2 rings (SSSR count). The van der Waals surface area contributed by atoms with Gasteiger partial charge in [-0.2, -0.15) is 4.31 Å². The number of ether oxygens (including phenoxy) is 1. The largest absolute Gasteiger partial charge is 0.375 e. The normalized spacial score (nSPS) is 24.8. The highest BCUT2D eigenvalue weighted by Crippen LogP contribution is 2.23. The van der Waals surface area contributed by atoms with Gasteiger partial charge in [0.25, 0.3) is 10.0 Å². The summed E-state index contributed by atoms with van der Waals surface area (Å²) in [5.74, 6) is 0. The molecule has 6 nitrogen and oxygen atoms in total. The third-order valence-electron chi connectivity index (χ3n) is 3.50. The first-order chi connectivity index (χ1) is 9.48. The van der Waals surface area contributed by atoms with Crippen molar-refractivity contribution in [1.29, 1.82) is 0 Å². The number of hydrogen-bond donors (Lipinski definition) is 1. The van der Waals surface area contributed by atoms with Gasteiger partial charge in [0, 0.05) is 25.3 Å². The van der Waals surface area contributed by atoms with Crippen LogP contribution < -0.4 is 5.73 Å². The molecule has 0 aromatic carbocycles. The summed E-state index contributed by atoms with van der Waals surface area (Å²) in [4.78, 5) is 4.04. The van der Waals surface area contributed by atoms with Crippen molar-refractivity contribution in [2.45, 2.75) is 44.0 Å². The molecule has 0 saturated carbocycles. The van der Waals surface area contributed by atoms with Crippen LogP contribution in [0.2, 0.25) is 0 Å². The third kappa shape index (κ3) is 3.01. The van der Waals surface area contributed by atoms with Crippen LogP contribution in [0.5, 0.6) is 0 Å². The predicted molar refractivity (Wildman–Crippen MR) is 75.5 cm³/mol. The van der Waals surface area contributed by atoms with Crippen molar-refractivity contribution >= 4 is 10.0 Å². The molecule has 7 heteroatoms. The van der Waals surface area contributed by atoms with E-state index in [-0.39, 0.29) is 17.2 Å². The van der Waals surface area contributed by atoms with Crippen molar-refractivity contribution in [3.63, 3.8) is 0 Å². The Bertz CT molecular complexity index is 544. The maximum absolute atomic E-state index is 12.7. The Morgan fingerprint density at radius 3 is 2.80 bits per heavy atom. The van der Waals surface area contributed by atoms with E-state index in [1.165, 1.54) is 16.6 Å². The number of aromatic nitrogens is 1. The Kier molecular flexibility index (Phi) is 4.74. The second-order valence-corrected chi connectivity index (χ2v) is 6.83. The summed E-state index contributed by atoms with van der Waals surface area (Å²) < 4.78 is 32.4. The number of rotatable bonds is 4. The van der Waals surface area contributed by atoms with Gasteiger partial charge in [0.15, 0.2) is 5.03 Å². The fourth-order valence-corrected chi connectivity index (χ4v) is 3.91. The molecule has 2 N–H and O–H groups in total. The lowest BCUT2D eigenvalue weighted by Gasteiger charge is -2.36. The summed E-state index contributed by atoms with van der Waals surface area (Å²) in [5, 5.41) is 0.0715. The Balaban J connectivity index is 2.31. The highest BCUT2D eigenvalue weighted by molar-refractivity contribution is 7.89. The molecule has 0 aliphatic carbocycles. The summed E-state index contributed by atoms with van der Waals surface area (Å²) in [5.41, 5.74) is 6.31. The first kappa shape index (κ1) is 15.4. The quantitative estimate of drug-likeness (QED) is 0.886. The van der Waals surface area contributed by atoms with E-state index in [0.717, 1.165) is 5.56 Å². The number of nitrogens with two attached hydrogens (primary N) is 1. The topological polar surface area (TPSA) is 85.5 Å². The standard InChI is InChI=1S/C13H21N3O3S/c1-3-12-9-19-10(2)8-16(12)20(17,18)13-5-4-11(6-14)7-15-13/h4-5,7,10,12H,3,6,8-9,14H2,1-2H3. The van der Waals surface area contributed by atoms with Crippen LogP contribution in [0.4, 0.5) is 0 Å². The zero-order chi connectivity index (χ0) is 14.8. The van der Waals surface area contributed by atoms with E-state index >= 15 is 0 Å². The van der Waals surface area contributed by atoms with Gasteiger partial charge in [0.05, 0.1) is 12.7 Å². The lowest BCUT2D eigenvalue weighted by molar-refractivity contribution is -0.0231. The molecule has 1 aliphatic rings. The Morgan fingerprint density at radius 1 is 1.50 bits per heavy atom. The molecular weight excluding hydrogens is 278 g/mol. The minimum atomic E-state index is -3.58. The summed E-state index contributed by atoms with van der Waals surface area (Å²) in [6.07, 6.45) is 2.13. The van der Waals surface area contributed by atoms with Crippen molar-refractivity contribution in [2.75, 3.05) is 13.2 Å². The molecule has 112 valence electrons. The molecule has 0 bridgehead atoms. The van der Waals surface area contributed by atoms with E-state index in [2.05, 4.69) is 4.98 Å². The molecular formula is C13H21N3O3S. The summed E-state index contributed by atoms with van der Waals surface area (Å²) in [6, 6.07) is 3.09. The van der Waals surface area contributed by atoms with Crippen LogP contribution in [0.25, 0.3) is 0 Å². The SMILES string of the molecule is CCC1COC(C)CN1S(=O)(=O)c1ccc(CN)cn1. The summed E-state index contributed by atoms with van der Waals surface area (Å²) in [6.45, 7) is 4.97. The molecule has 1 aromatic heterocycles. The molecule has 1 saturated heterocycles. The Labute approximate surface area is 120 Å². The smallest absolute Gasteiger partial charge is 0.260 e. The van der Waals surface area contributed by atoms with Crippen LogP contribution in [0, 0.1) is 0 Å². The second-order valence-electron chi connectivity index (χ2n) is 4.99. The van der Waals surface area contributed by atoms with Crippen LogP contribution in [-0.4, -0.2) is 43.0 Å². The lowest BCUT2D eigenvalue weighted by atomic mass is 10.2. The van der Waals surface area contributed by atoms with Gasteiger partial charge in [-0.15, -0.1) is 0 Å². The number of pyridine rings is 1. The van der Waals surface area contributed by atoms with Crippen molar-refractivity contribution in [1.82, 2.24) is 9.29 Å². The van der Waals surface area contributed by atoms with Gasteiger partial charge in [0.1, 0.15) is 0 Å². The average molecular weight is 299 g/mol. The minimum absolute atomic E-state index is 0.0715. The van der Waals surface area contributed by atoms with Crippen LogP contribution >= 0.6 is 0 Å². The van der Waals surface area contributed by atoms with E-state index in [1.54, 1.807) is 6.07 Å². The number of sulfonamides is 1. The molecule has 2 atom stereocenters. The zero-order valence-electron chi connectivity index (χ0n) is 11.8. The molecule has 1 aromatic rings. The zero-order valence-corrected chi connectivity index (χ0v) is 12.6. The second kappa shape index (κ2) is 6.17. The molecule has 1 fully saturated rings. The molecule has 2 unspecified atom stereocenters. The van der Waals surface area contributed by atoms with Crippen LogP contribution in [0.1, 0.15) is 25.8 Å². The number of nitrogens with zero attached hydrogens (tertiary/aromatic N) is 2. The van der Waals surface area contributed by atoms with Crippen molar-refractivity contribution in [3.8, 4) is 0 Å².